The summed E-state index contributed by atoms with van der Waals surface area (Å²) in [5.74, 6) is 0. The number of nitrogens with two attached hydrogens (primary N) is 2. The topological polar surface area (TPSA) is 52.0 Å². The van der Waals surface area contributed by atoms with Crippen LogP contribution in [0.15, 0.2) is 243 Å². The molecule has 0 unspecified atom stereocenters. The number of benzene rings is 10. The van der Waals surface area contributed by atoms with Crippen molar-refractivity contribution in [1.29, 1.82) is 0 Å². The molecule has 0 aliphatic rings. The van der Waals surface area contributed by atoms with E-state index in [2.05, 4.69) is 182 Å². The number of rotatable bonds is 10. The molecule has 65 heavy (non-hydrogen) atoms. The maximum absolute atomic E-state index is 7.63. The zero-order chi connectivity index (χ0) is 43.8. The van der Waals surface area contributed by atoms with E-state index in [1.807, 2.05) is 60.7 Å². The molecule has 2 atom stereocenters. The van der Waals surface area contributed by atoms with E-state index >= 15 is 0 Å². The second-order valence-corrected chi connectivity index (χ2v) is 20.6. The molecule has 0 saturated carbocycles. The van der Waals surface area contributed by atoms with Crippen molar-refractivity contribution in [1.82, 2.24) is 0 Å². The average molecular weight is 1000 g/mol. The SMILES string of the molecule is Clc1c(P(c2ccccc2)c2ccccc2)c(-c2c(P(c3ccccc3)c3ccccc3)ccc3ccccc23)c2ccccc2c1Cl.N[C@H](c1ccccc1)[C@H](N)c1ccccc1.[Ru+]. The van der Waals surface area contributed by atoms with Crippen LogP contribution in [-0.4, -0.2) is 0 Å². The maximum atomic E-state index is 7.63. The molecule has 1 radical (unpaired) electrons. The summed E-state index contributed by atoms with van der Waals surface area (Å²) < 4.78 is 0. The molecule has 10 aromatic carbocycles. The van der Waals surface area contributed by atoms with Gasteiger partial charge in [-0.1, -0.05) is 266 Å². The minimum absolute atomic E-state index is 0. The van der Waals surface area contributed by atoms with Gasteiger partial charge < -0.3 is 11.5 Å². The van der Waals surface area contributed by atoms with Crippen LogP contribution in [0.25, 0.3) is 32.7 Å². The van der Waals surface area contributed by atoms with Crippen molar-refractivity contribution in [2.45, 2.75) is 12.1 Å². The first kappa shape index (κ1) is 46.2. The molecule has 319 valence electrons. The first-order chi connectivity index (χ1) is 31.5. The Hall–Kier alpha value is -5.30. The molecule has 4 N–H and O–H groups in total. The Balaban J connectivity index is 0.000000287. The molecule has 0 bridgehead atoms. The Kier molecular flexibility index (Phi) is 15.5. The molecule has 0 saturated heterocycles. The maximum Gasteiger partial charge on any atom is 1.00 e. The van der Waals surface area contributed by atoms with E-state index in [4.69, 9.17) is 34.7 Å². The molecule has 0 aliphatic carbocycles. The van der Waals surface area contributed by atoms with E-state index in [0.717, 1.165) is 32.8 Å². The minimum Gasteiger partial charge on any atom is -0.322 e. The van der Waals surface area contributed by atoms with E-state index in [1.165, 1.54) is 42.9 Å². The third kappa shape index (κ3) is 9.95. The summed E-state index contributed by atoms with van der Waals surface area (Å²) in [5.41, 5.74) is 16.8. The van der Waals surface area contributed by atoms with Crippen LogP contribution in [0.4, 0.5) is 0 Å². The van der Waals surface area contributed by atoms with Crippen molar-refractivity contribution >= 4 is 92.4 Å². The molecular formula is C58H46Cl2N2P2Ru+. The van der Waals surface area contributed by atoms with Gasteiger partial charge in [0.1, 0.15) is 0 Å². The monoisotopic (exact) mass is 1000 g/mol. The zero-order valence-corrected chi connectivity index (χ0v) is 40.4. The molecular weight excluding hydrogens is 959 g/mol. The van der Waals surface area contributed by atoms with Crippen molar-refractivity contribution in [3.8, 4) is 11.1 Å². The molecule has 0 fully saturated rings. The van der Waals surface area contributed by atoms with Gasteiger partial charge >= 0.3 is 19.5 Å². The molecule has 7 heteroatoms. The molecule has 10 rings (SSSR count). The Morgan fingerprint density at radius 1 is 0.323 bits per heavy atom. The van der Waals surface area contributed by atoms with Crippen LogP contribution in [0.3, 0.4) is 0 Å². The fourth-order valence-electron chi connectivity index (χ4n) is 8.43. The summed E-state index contributed by atoms with van der Waals surface area (Å²) >= 11 is 14.9. The van der Waals surface area contributed by atoms with Crippen molar-refractivity contribution in [2.24, 2.45) is 11.5 Å². The van der Waals surface area contributed by atoms with E-state index in [9.17, 15) is 0 Å². The summed E-state index contributed by atoms with van der Waals surface area (Å²) in [5, 5.41) is 13.1. The summed E-state index contributed by atoms with van der Waals surface area (Å²) in [6, 6.07) is 84.9. The summed E-state index contributed by atoms with van der Waals surface area (Å²) in [4.78, 5) is 0. The van der Waals surface area contributed by atoms with Gasteiger partial charge in [-0.3, -0.25) is 0 Å². The van der Waals surface area contributed by atoms with Crippen molar-refractivity contribution < 1.29 is 19.5 Å². The zero-order valence-electron chi connectivity index (χ0n) is 35.4. The average Bonchev–Trinajstić information content (AvgIpc) is 3.37. The molecule has 0 amide bonds. The number of hydrogen-bond acceptors (Lipinski definition) is 2. The standard InChI is InChI=1S/C44H30Cl2P2.C14H16N2.Ru/c45-42-38-28-16-15-27-37(38)41(44(43(42)46)48(34-22-9-3-10-23-34)35-24-11-4-12-25-35)40-36-26-14-13-17-31(36)29-30-39(40)47(32-18-5-1-6-19-32)33-20-7-2-8-21-33;15-13(11-7-3-1-4-8-11)14(16)12-9-5-2-6-10-12;/h1-30H;1-10,13-14H,15-16H2;/q;;+1/t;13-,14-;/m.1./s1. The molecule has 10 aromatic rings. The fraction of sp³-hybridized carbons (Fsp3) is 0.0345. The van der Waals surface area contributed by atoms with Crippen LogP contribution in [-0.2, 0) is 19.5 Å². The van der Waals surface area contributed by atoms with Crippen molar-refractivity contribution in [2.75, 3.05) is 0 Å². The van der Waals surface area contributed by atoms with Gasteiger partial charge in [0.15, 0.2) is 0 Å². The van der Waals surface area contributed by atoms with Crippen LogP contribution >= 0.6 is 39.0 Å². The smallest absolute Gasteiger partial charge is 0.322 e. The van der Waals surface area contributed by atoms with Gasteiger partial charge in [-0.15, -0.1) is 0 Å². The van der Waals surface area contributed by atoms with Gasteiger partial charge in [0, 0.05) is 28.3 Å². The first-order valence-corrected chi connectivity index (χ1v) is 24.8. The molecule has 0 aromatic heterocycles. The Morgan fingerprint density at radius 3 is 1.12 bits per heavy atom. The van der Waals surface area contributed by atoms with E-state index in [0.29, 0.717) is 10.0 Å². The largest absolute Gasteiger partial charge is 1.00 e. The van der Waals surface area contributed by atoms with Crippen LogP contribution in [0, 0.1) is 0 Å². The first-order valence-electron chi connectivity index (χ1n) is 21.3. The van der Waals surface area contributed by atoms with Gasteiger partial charge in [0.05, 0.1) is 10.0 Å². The normalized spacial score (nSPS) is 12.0. The predicted octanol–water partition coefficient (Wildman–Crippen LogP) is 12.9. The van der Waals surface area contributed by atoms with Gasteiger partial charge in [0.2, 0.25) is 0 Å². The summed E-state index contributed by atoms with van der Waals surface area (Å²) in [7, 11) is -2.05. The third-order valence-electron chi connectivity index (χ3n) is 11.5. The quantitative estimate of drug-likeness (QED) is 0.106. The third-order valence-corrected chi connectivity index (χ3v) is 17.5. The van der Waals surface area contributed by atoms with Crippen LogP contribution in [0.2, 0.25) is 10.0 Å². The number of hydrogen-bond donors (Lipinski definition) is 2. The summed E-state index contributed by atoms with van der Waals surface area (Å²) in [6.45, 7) is 0. The molecule has 0 heterocycles. The van der Waals surface area contributed by atoms with Crippen LogP contribution in [0.5, 0.6) is 0 Å². The number of halogens is 2. The fourth-order valence-corrected chi connectivity index (χ4v) is 14.2. The van der Waals surface area contributed by atoms with Crippen molar-refractivity contribution in [3.63, 3.8) is 0 Å². The van der Waals surface area contributed by atoms with Gasteiger partial charge in [0.25, 0.3) is 0 Å². The second kappa shape index (κ2) is 21.8. The Labute approximate surface area is 407 Å². The Bertz CT molecular complexity index is 2990. The predicted molar refractivity (Wildman–Crippen MR) is 281 cm³/mol. The van der Waals surface area contributed by atoms with E-state index in [1.54, 1.807) is 0 Å². The second-order valence-electron chi connectivity index (χ2n) is 15.5. The molecule has 2 nitrogen and oxygen atoms in total. The van der Waals surface area contributed by atoms with Crippen LogP contribution in [0.1, 0.15) is 23.2 Å². The Morgan fingerprint density at radius 2 is 0.677 bits per heavy atom. The molecule has 0 spiro atoms. The van der Waals surface area contributed by atoms with Gasteiger partial charge in [-0.2, -0.15) is 0 Å². The van der Waals surface area contributed by atoms with Crippen LogP contribution < -0.4 is 43.3 Å². The van der Waals surface area contributed by atoms with Gasteiger partial charge in [-0.25, -0.2) is 0 Å². The minimum atomic E-state index is -1.11. The van der Waals surface area contributed by atoms with E-state index < -0.39 is 15.8 Å². The summed E-state index contributed by atoms with van der Waals surface area (Å²) in [6.07, 6.45) is 0. The van der Waals surface area contributed by atoms with Crippen molar-refractivity contribution in [3.05, 3.63) is 264 Å². The molecule has 0 aliphatic heterocycles. The van der Waals surface area contributed by atoms with E-state index in [-0.39, 0.29) is 31.6 Å². The van der Waals surface area contributed by atoms with Gasteiger partial charge in [-0.05, 0) is 75.2 Å². The number of fused-ring (bicyclic) bond motifs is 2.